The summed E-state index contributed by atoms with van der Waals surface area (Å²) in [4.78, 5) is 19.2. The molecule has 3 atom stereocenters. The van der Waals surface area contributed by atoms with E-state index in [2.05, 4.69) is 15.8 Å². The lowest BCUT2D eigenvalue weighted by molar-refractivity contribution is -0.134. The number of amides is 1. The number of hydrogen-bond acceptors (Lipinski definition) is 4. The molecular weight excluding hydrogens is 343 g/mol. The number of hydrogen-bond donors (Lipinski definition) is 2. The van der Waals surface area contributed by atoms with Crippen molar-refractivity contribution in [2.45, 2.75) is 43.7 Å². The highest BCUT2D eigenvalue weighted by Crippen LogP contribution is 2.31. The molecule has 0 aliphatic carbocycles. The zero-order chi connectivity index (χ0) is 18.6. The third kappa shape index (κ3) is 4.01. The molecule has 2 fully saturated rings. The molecule has 0 saturated carbocycles. The van der Waals surface area contributed by atoms with Gasteiger partial charge in [0.05, 0.1) is 6.42 Å². The van der Waals surface area contributed by atoms with Crippen LogP contribution in [0.3, 0.4) is 0 Å². The molecule has 0 bridgehead atoms. The number of hydrazine groups is 1. The summed E-state index contributed by atoms with van der Waals surface area (Å²) in [6, 6.07) is 10.7. The van der Waals surface area contributed by atoms with Crippen LogP contribution in [-0.4, -0.2) is 41.0 Å². The van der Waals surface area contributed by atoms with Gasteiger partial charge in [0.15, 0.2) is 0 Å². The van der Waals surface area contributed by atoms with Crippen LogP contribution in [0.15, 0.2) is 48.8 Å². The molecule has 6 heteroatoms. The van der Waals surface area contributed by atoms with Gasteiger partial charge in [-0.3, -0.25) is 20.6 Å². The van der Waals surface area contributed by atoms with Crippen LogP contribution >= 0.6 is 0 Å². The van der Waals surface area contributed by atoms with Crippen molar-refractivity contribution in [2.24, 2.45) is 0 Å². The highest BCUT2D eigenvalue weighted by atomic mass is 19.1. The Kier molecular flexibility index (Phi) is 5.45. The van der Waals surface area contributed by atoms with Gasteiger partial charge in [0.2, 0.25) is 5.91 Å². The number of piperidine rings is 1. The smallest absolute Gasteiger partial charge is 0.227 e. The average Bonchev–Trinajstić information content (AvgIpc) is 3.18. The van der Waals surface area contributed by atoms with Gasteiger partial charge in [-0.25, -0.2) is 4.39 Å². The number of aromatic nitrogens is 1. The fourth-order valence-electron chi connectivity index (χ4n) is 4.38. The first-order valence-corrected chi connectivity index (χ1v) is 9.64. The van der Waals surface area contributed by atoms with E-state index >= 15 is 0 Å². The minimum absolute atomic E-state index is 0.0764. The van der Waals surface area contributed by atoms with Crippen LogP contribution in [0, 0.1) is 5.82 Å². The van der Waals surface area contributed by atoms with Crippen LogP contribution in [0.5, 0.6) is 0 Å². The maximum absolute atomic E-state index is 13.5. The van der Waals surface area contributed by atoms with Gasteiger partial charge in [-0.2, -0.15) is 0 Å². The molecule has 2 aliphatic rings. The second-order valence-electron chi connectivity index (χ2n) is 7.40. The average molecular weight is 368 g/mol. The molecule has 5 nitrogen and oxygen atoms in total. The van der Waals surface area contributed by atoms with E-state index in [1.165, 1.54) is 17.7 Å². The van der Waals surface area contributed by atoms with Crippen molar-refractivity contribution in [2.75, 3.05) is 13.1 Å². The second kappa shape index (κ2) is 8.15. The summed E-state index contributed by atoms with van der Waals surface area (Å²) in [6.07, 6.45) is 7.00. The van der Waals surface area contributed by atoms with Crippen LogP contribution in [-0.2, 0) is 11.2 Å². The Bertz CT molecular complexity index is 785. The Balaban J connectivity index is 1.52. The van der Waals surface area contributed by atoms with E-state index in [1.54, 1.807) is 6.07 Å². The first-order valence-electron chi connectivity index (χ1n) is 9.64. The van der Waals surface area contributed by atoms with Crippen molar-refractivity contribution in [3.63, 3.8) is 0 Å². The monoisotopic (exact) mass is 368 g/mol. The predicted molar refractivity (Wildman–Crippen MR) is 101 cm³/mol. The van der Waals surface area contributed by atoms with E-state index in [0.717, 1.165) is 37.9 Å². The molecule has 142 valence electrons. The molecule has 2 aliphatic heterocycles. The van der Waals surface area contributed by atoms with Crippen molar-refractivity contribution in [1.29, 1.82) is 0 Å². The number of benzene rings is 1. The standard InChI is InChI=1S/C21H25FN4O/c22-17-5-3-4-15(12-17)13-20(27)26-11-2-1-6-19(26)21-18(14-24-25-21)16-7-9-23-10-8-16/h3-5,7-10,12,18-19,21,24-25H,1-2,6,11,13-14H2. The lowest BCUT2D eigenvalue weighted by Gasteiger charge is -2.41. The van der Waals surface area contributed by atoms with E-state index in [4.69, 9.17) is 0 Å². The van der Waals surface area contributed by atoms with Crippen LogP contribution in [0.1, 0.15) is 36.3 Å². The SMILES string of the molecule is O=C(Cc1cccc(F)c1)N1CCCCC1C1NNCC1c1ccncc1. The largest absolute Gasteiger partial charge is 0.338 e. The summed E-state index contributed by atoms with van der Waals surface area (Å²) in [5, 5.41) is 0. The fraction of sp³-hybridized carbons (Fsp3) is 0.429. The van der Waals surface area contributed by atoms with Crippen LogP contribution < -0.4 is 10.9 Å². The number of pyridine rings is 1. The zero-order valence-electron chi connectivity index (χ0n) is 15.3. The molecule has 1 aromatic carbocycles. The molecule has 2 N–H and O–H groups in total. The first-order chi connectivity index (χ1) is 13.2. The number of nitrogens with zero attached hydrogens (tertiary/aromatic N) is 2. The zero-order valence-corrected chi connectivity index (χ0v) is 15.3. The third-order valence-corrected chi connectivity index (χ3v) is 5.69. The van der Waals surface area contributed by atoms with E-state index in [1.807, 2.05) is 35.5 Å². The van der Waals surface area contributed by atoms with Gasteiger partial charge in [0, 0.05) is 43.5 Å². The molecule has 4 rings (SSSR count). The second-order valence-corrected chi connectivity index (χ2v) is 7.40. The van der Waals surface area contributed by atoms with Gasteiger partial charge in [0.1, 0.15) is 5.82 Å². The van der Waals surface area contributed by atoms with E-state index in [9.17, 15) is 9.18 Å². The molecule has 3 heterocycles. The van der Waals surface area contributed by atoms with E-state index in [0.29, 0.717) is 5.92 Å². The third-order valence-electron chi connectivity index (χ3n) is 5.69. The van der Waals surface area contributed by atoms with Gasteiger partial charge in [0.25, 0.3) is 0 Å². The molecular formula is C21H25FN4O. The summed E-state index contributed by atoms with van der Waals surface area (Å²) in [7, 11) is 0. The molecule has 27 heavy (non-hydrogen) atoms. The number of nitrogens with one attached hydrogen (secondary N) is 2. The number of carbonyl (C=O) groups is 1. The summed E-state index contributed by atoms with van der Waals surface area (Å²) >= 11 is 0. The molecule has 2 saturated heterocycles. The number of carbonyl (C=O) groups excluding carboxylic acids is 1. The predicted octanol–water partition coefficient (Wildman–Crippen LogP) is 2.40. The lowest BCUT2D eigenvalue weighted by atomic mass is 9.84. The van der Waals surface area contributed by atoms with Gasteiger partial charge >= 0.3 is 0 Å². The molecule has 3 unspecified atom stereocenters. The summed E-state index contributed by atoms with van der Waals surface area (Å²) in [5.41, 5.74) is 8.65. The van der Waals surface area contributed by atoms with Gasteiger partial charge in [-0.15, -0.1) is 0 Å². The highest BCUT2D eigenvalue weighted by molar-refractivity contribution is 5.79. The molecule has 2 aromatic rings. The summed E-state index contributed by atoms with van der Waals surface area (Å²) in [5.74, 6) is 0.0722. The maximum atomic E-state index is 13.5. The highest BCUT2D eigenvalue weighted by Gasteiger charge is 2.40. The topological polar surface area (TPSA) is 57.3 Å². The molecule has 1 amide bonds. The van der Waals surface area contributed by atoms with Crippen LogP contribution in [0.2, 0.25) is 0 Å². The molecule has 0 radical (unpaired) electrons. The van der Waals surface area contributed by atoms with Crippen molar-refractivity contribution in [1.82, 2.24) is 20.7 Å². The number of rotatable bonds is 4. The normalized spacial score (nSPS) is 25.5. The van der Waals surface area contributed by atoms with E-state index < -0.39 is 0 Å². The Hall–Kier alpha value is -2.31. The lowest BCUT2D eigenvalue weighted by Crippen LogP contribution is -2.55. The van der Waals surface area contributed by atoms with Crippen LogP contribution in [0.4, 0.5) is 4.39 Å². The summed E-state index contributed by atoms with van der Waals surface area (Å²) in [6.45, 7) is 1.59. The Morgan fingerprint density at radius 3 is 2.89 bits per heavy atom. The van der Waals surface area contributed by atoms with Crippen molar-refractivity contribution in [3.8, 4) is 0 Å². The molecule has 0 spiro atoms. The van der Waals surface area contributed by atoms with E-state index in [-0.39, 0.29) is 30.2 Å². The Morgan fingerprint density at radius 1 is 1.22 bits per heavy atom. The van der Waals surface area contributed by atoms with Gasteiger partial charge in [-0.05, 0) is 54.7 Å². The fourth-order valence-corrected chi connectivity index (χ4v) is 4.38. The first kappa shape index (κ1) is 18.1. The van der Waals surface area contributed by atoms with Gasteiger partial charge < -0.3 is 4.90 Å². The van der Waals surface area contributed by atoms with Crippen LogP contribution in [0.25, 0.3) is 0 Å². The van der Waals surface area contributed by atoms with Crippen molar-refractivity contribution < 1.29 is 9.18 Å². The minimum atomic E-state index is -0.296. The van der Waals surface area contributed by atoms with Crippen molar-refractivity contribution in [3.05, 3.63) is 65.7 Å². The quantitative estimate of drug-likeness (QED) is 0.870. The maximum Gasteiger partial charge on any atom is 0.227 e. The minimum Gasteiger partial charge on any atom is -0.338 e. The Labute approximate surface area is 159 Å². The van der Waals surface area contributed by atoms with Crippen molar-refractivity contribution >= 4 is 5.91 Å². The molecule has 1 aromatic heterocycles. The van der Waals surface area contributed by atoms with Gasteiger partial charge in [-0.1, -0.05) is 12.1 Å². The Morgan fingerprint density at radius 2 is 2.07 bits per heavy atom. The number of halogens is 1. The number of likely N-dealkylation sites (tertiary alicyclic amines) is 1. The summed E-state index contributed by atoms with van der Waals surface area (Å²) < 4.78 is 13.5.